The molecule has 1 aliphatic heterocycles. The highest BCUT2D eigenvalue weighted by Crippen LogP contribution is 2.21. The van der Waals surface area contributed by atoms with Crippen molar-refractivity contribution in [2.45, 2.75) is 38.8 Å². The number of hydrogen-bond acceptors (Lipinski definition) is 2. The monoisotopic (exact) mass is 124 g/mol. The van der Waals surface area contributed by atoms with E-state index < -0.39 is 0 Å². The summed E-state index contributed by atoms with van der Waals surface area (Å²) in [7, 11) is 0. The first-order chi connectivity index (χ1) is 4.25. The third-order valence-electron chi connectivity index (χ3n) is 2.07. The van der Waals surface area contributed by atoms with Crippen LogP contribution in [0.4, 0.5) is 0 Å². The van der Waals surface area contributed by atoms with Gasteiger partial charge in [-0.1, -0.05) is 0 Å². The Morgan fingerprint density at radius 2 is 1.78 bits per heavy atom. The maximum Gasteiger partial charge on any atom is 0.179 e. The molecule has 9 heavy (non-hydrogen) atoms. The van der Waals surface area contributed by atoms with Crippen LogP contribution in [0.15, 0.2) is 0 Å². The summed E-state index contributed by atoms with van der Waals surface area (Å²) in [5.74, 6) is 0. The van der Waals surface area contributed by atoms with Gasteiger partial charge in [0.2, 0.25) is 0 Å². The van der Waals surface area contributed by atoms with Gasteiger partial charge in [0.15, 0.2) is 6.19 Å². The maximum atomic E-state index is 8.58. The summed E-state index contributed by atoms with van der Waals surface area (Å²) < 4.78 is 0. The zero-order valence-corrected chi connectivity index (χ0v) is 5.96. The summed E-state index contributed by atoms with van der Waals surface area (Å²) in [4.78, 5) is 1.88. The molecule has 0 amide bonds. The van der Waals surface area contributed by atoms with E-state index in [-0.39, 0.29) is 0 Å². The van der Waals surface area contributed by atoms with Crippen LogP contribution in [0, 0.1) is 11.5 Å². The lowest BCUT2D eigenvalue weighted by Crippen LogP contribution is -2.27. The van der Waals surface area contributed by atoms with E-state index >= 15 is 0 Å². The maximum absolute atomic E-state index is 8.58. The number of nitriles is 1. The highest BCUT2D eigenvalue weighted by Gasteiger charge is 2.25. The summed E-state index contributed by atoms with van der Waals surface area (Å²) in [6.07, 6.45) is 4.55. The Bertz CT molecular complexity index is 126. The molecule has 2 nitrogen and oxygen atoms in total. The lowest BCUT2D eigenvalue weighted by Gasteiger charge is -2.17. The molecule has 1 fully saturated rings. The van der Waals surface area contributed by atoms with Gasteiger partial charge < -0.3 is 4.90 Å². The van der Waals surface area contributed by atoms with Crippen molar-refractivity contribution in [1.29, 1.82) is 5.26 Å². The molecule has 0 aromatic rings. The fraction of sp³-hybridized carbons (Fsp3) is 0.857. The Balaban J connectivity index is 2.57. The van der Waals surface area contributed by atoms with Gasteiger partial charge in [0.25, 0.3) is 0 Å². The predicted molar refractivity (Wildman–Crippen MR) is 35.6 cm³/mol. The van der Waals surface area contributed by atoms with Crippen molar-refractivity contribution >= 4 is 0 Å². The summed E-state index contributed by atoms with van der Waals surface area (Å²) in [5, 5.41) is 8.58. The van der Waals surface area contributed by atoms with Crippen LogP contribution in [0.2, 0.25) is 0 Å². The van der Waals surface area contributed by atoms with Gasteiger partial charge in [0.05, 0.1) is 0 Å². The van der Waals surface area contributed by atoms with E-state index in [1.165, 1.54) is 12.8 Å². The molecule has 2 heteroatoms. The fourth-order valence-corrected chi connectivity index (χ4v) is 1.39. The van der Waals surface area contributed by atoms with Gasteiger partial charge in [0, 0.05) is 12.1 Å². The third-order valence-corrected chi connectivity index (χ3v) is 2.07. The average Bonchev–Trinajstić information content (AvgIpc) is 2.12. The van der Waals surface area contributed by atoms with Crippen molar-refractivity contribution in [3.63, 3.8) is 0 Å². The first-order valence-corrected chi connectivity index (χ1v) is 3.43. The SMILES string of the molecule is CC1CCC(C)N1C#N. The molecule has 1 rings (SSSR count). The molecule has 0 saturated carbocycles. The first kappa shape index (κ1) is 6.41. The van der Waals surface area contributed by atoms with Crippen LogP contribution in [0.1, 0.15) is 26.7 Å². The molecule has 1 aliphatic rings. The lowest BCUT2D eigenvalue weighted by atomic mass is 10.2. The van der Waals surface area contributed by atoms with Crippen molar-refractivity contribution in [3.05, 3.63) is 0 Å². The molecule has 2 atom stereocenters. The Labute approximate surface area is 56.1 Å². The van der Waals surface area contributed by atoms with E-state index in [4.69, 9.17) is 5.26 Å². The molecule has 1 saturated heterocycles. The lowest BCUT2D eigenvalue weighted by molar-refractivity contribution is 0.320. The van der Waals surface area contributed by atoms with Crippen LogP contribution in [0.25, 0.3) is 0 Å². The van der Waals surface area contributed by atoms with E-state index in [1.54, 1.807) is 0 Å². The number of rotatable bonds is 0. The molecular formula is C7H12N2. The van der Waals surface area contributed by atoms with Crippen molar-refractivity contribution in [2.75, 3.05) is 0 Å². The van der Waals surface area contributed by atoms with Gasteiger partial charge in [-0.3, -0.25) is 0 Å². The molecule has 0 spiro atoms. The van der Waals surface area contributed by atoms with Crippen molar-refractivity contribution in [1.82, 2.24) is 4.90 Å². The van der Waals surface area contributed by atoms with Gasteiger partial charge in [0.1, 0.15) is 0 Å². The van der Waals surface area contributed by atoms with Crippen molar-refractivity contribution in [3.8, 4) is 6.19 Å². The van der Waals surface area contributed by atoms with E-state index in [9.17, 15) is 0 Å². The van der Waals surface area contributed by atoms with Crippen LogP contribution in [-0.2, 0) is 0 Å². The molecule has 0 aromatic heterocycles. The van der Waals surface area contributed by atoms with E-state index in [0.29, 0.717) is 12.1 Å². The standard InChI is InChI=1S/C7H12N2/c1-6-3-4-7(2)9(6)5-8/h6-7H,3-4H2,1-2H3. The Morgan fingerprint density at radius 3 is 2.00 bits per heavy atom. The summed E-state index contributed by atoms with van der Waals surface area (Å²) in [5.41, 5.74) is 0. The van der Waals surface area contributed by atoms with Gasteiger partial charge in [-0.25, -0.2) is 0 Å². The summed E-state index contributed by atoms with van der Waals surface area (Å²) >= 11 is 0. The third kappa shape index (κ3) is 0.999. The topological polar surface area (TPSA) is 27.0 Å². The smallest absolute Gasteiger partial charge is 0.179 e. The zero-order valence-electron chi connectivity index (χ0n) is 5.96. The minimum absolute atomic E-state index is 0.477. The molecule has 0 bridgehead atoms. The minimum atomic E-state index is 0.477. The van der Waals surface area contributed by atoms with Crippen molar-refractivity contribution in [2.24, 2.45) is 0 Å². The van der Waals surface area contributed by atoms with E-state index in [2.05, 4.69) is 20.0 Å². The molecule has 1 heterocycles. The average molecular weight is 124 g/mol. The van der Waals surface area contributed by atoms with Crippen molar-refractivity contribution < 1.29 is 0 Å². The van der Waals surface area contributed by atoms with E-state index in [1.807, 2.05) is 4.90 Å². The molecule has 0 aromatic carbocycles. The second-order valence-electron chi connectivity index (χ2n) is 2.78. The summed E-state index contributed by atoms with van der Waals surface area (Å²) in [6.45, 7) is 4.21. The van der Waals surface area contributed by atoms with Crippen LogP contribution in [-0.4, -0.2) is 17.0 Å². The second-order valence-corrected chi connectivity index (χ2v) is 2.78. The van der Waals surface area contributed by atoms with Crippen LogP contribution in [0.5, 0.6) is 0 Å². The molecule has 2 unspecified atom stereocenters. The molecular weight excluding hydrogens is 112 g/mol. The second kappa shape index (κ2) is 2.26. The van der Waals surface area contributed by atoms with Gasteiger partial charge in [-0.15, -0.1) is 0 Å². The summed E-state index contributed by atoms with van der Waals surface area (Å²) in [6, 6.07) is 0.954. The van der Waals surface area contributed by atoms with Gasteiger partial charge in [-0.2, -0.15) is 5.26 Å². The van der Waals surface area contributed by atoms with Gasteiger partial charge in [-0.05, 0) is 26.7 Å². The minimum Gasteiger partial charge on any atom is -0.305 e. The highest BCUT2D eigenvalue weighted by atomic mass is 15.2. The number of hydrogen-bond donors (Lipinski definition) is 0. The Morgan fingerprint density at radius 1 is 1.33 bits per heavy atom. The molecule has 0 N–H and O–H groups in total. The van der Waals surface area contributed by atoms with E-state index in [0.717, 1.165) is 0 Å². The van der Waals surface area contributed by atoms with Crippen LogP contribution < -0.4 is 0 Å². The van der Waals surface area contributed by atoms with Crippen LogP contribution >= 0.6 is 0 Å². The normalized spacial score (nSPS) is 34.6. The molecule has 50 valence electrons. The first-order valence-electron chi connectivity index (χ1n) is 3.43. The molecule has 0 aliphatic carbocycles. The highest BCUT2D eigenvalue weighted by molar-refractivity contribution is 4.90. The number of likely N-dealkylation sites (tertiary alicyclic amines) is 1. The predicted octanol–water partition coefficient (Wildman–Crippen LogP) is 1.34. The Kier molecular flexibility index (Phi) is 1.61. The fourth-order valence-electron chi connectivity index (χ4n) is 1.39. The Hall–Kier alpha value is -0.710. The van der Waals surface area contributed by atoms with Gasteiger partial charge >= 0.3 is 0 Å². The molecule has 0 radical (unpaired) electrons. The zero-order chi connectivity index (χ0) is 6.85. The quantitative estimate of drug-likeness (QED) is 0.456. The number of nitrogens with zero attached hydrogens (tertiary/aromatic N) is 2. The van der Waals surface area contributed by atoms with Crippen LogP contribution in [0.3, 0.4) is 0 Å². The largest absolute Gasteiger partial charge is 0.305 e.